The molecule has 0 aliphatic rings. The lowest BCUT2D eigenvalue weighted by Crippen LogP contribution is -2.17. The number of rotatable bonds is 8. The van der Waals surface area contributed by atoms with Gasteiger partial charge in [0.15, 0.2) is 0 Å². The Balaban J connectivity index is 1.54. The Morgan fingerprint density at radius 2 is 1.24 bits per heavy atom. The van der Waals surface area contributed by atoms with Gasteiger partial charge in [-0.05, 0) is 60.7 Å². The third-order valence-corrected chi connectivity index (χ3v) is 5.14. The lowest BCUT2D eigenvalue weighted by atomic mass is 10.2. The van der Waals surface area contributed by atoms with Crippen molar-refractivity contribution in [3.8, 4) is 17.2 Å². The Bertz CT molecular complexity index is 1420. The summed E-state index contributed by atoms with van der Waals surface area (Å²) in [7, 11) is 1.54. The summed E-state index contributed by atoms with van der Waals surface area (Å²) in [5, 5.41) is 3.98. The van der Waals surface area contributed by atoms with Gasteiger partial charge in [0, 0.05) is 17.2 Å². The van der Waals surface area contributed by atoms with Gasteiger partial charge in [-0.2, -0.15) is 5.10 Å². The van der Waals surface area contributed by atoms with Gasteiger partial charge in [0.1, 0.15) is 17.2 Å². The van der Waals surface area contributed by atoms with Crippen LogP contribution in [0, 0.1) is 0 Å². The average molecular weight is 495 g/mol. The van der Waals surface area contributed by atoms with Crippen molar-refractivity contribution in [1.29, 1.82) is 0 Å². The summed E-state index contributed by atoms with van der Waals surface area (Å²) in [5.41, 5.74) is 3.90. The molecule has 0 spiro atoms. The molecule has 4 aromatic carbocycles. The molecule has 0 aromatic heterocycles. The van der Waals surface area contributed by atoms with Crippen molar-refractivity contribution in [1.82, 2.24) is 5.43 Å². The monoisotopic (exact) mass is 494 g/mol. The number of esters is 2. The van der Waals surface area contributed by atoms with E-state index in [4.69, 9.17) is 14.2 Å². The number of hydrogen-bond donors (Lipinski definition) is 1. The molecule has 0 saturated carbocycles. The van der Waals surface area contributed by atoms with Gasteiger partial charge in [0.25, 0.3) is 5.91 Å². The van der Waals surface area contributed by atoms with Crippen molar-refractivity contribution in [2.75, 3.05) is 7.11 Å². The maximum absolute atomic E-state index is 12.7. The van der Waals surface area contributed by atoms with Gasteiger partial charge in [-0.15, -0.1) is 0 Å². The number of benzene rings is 4. The molecule has 0 saturated heterocycles. The smallest absolute Gasteiger partial charge is 0.343 e. The van der Waals surface area contributed by atoms with Gasteiger partial charge in [0.2, 0.25) is 0 Å². The van der Waals surface area contributed by atoms with Crippen molar-refractivity contribution < 1.29 is 28.6 Å². The maximum atomic E-state index is 12.7. The molecule has 8 nitrogen and oxygen atoms in total. The number of nitrogens with zero attached hydrogens (tertiary/aromatic N) is 1. The fourth-order valence-electron chi connectivity index (χ4n) is 3.21. The number of carbonyl (C=O) groups excluding carboxylic acids is 3. The van der Waals surface area contributed by atoms with E-state index in [1.807, 2.05) is 0 Å². The van der Waals surface area contributed by atoms with Crippen LogP contribution >= 0.6 is 0 Å². The molecule has 0 unspecified atom stereocenters. The first-order valence-corrected chi connectivity index (χ1v) is 11.2. The molecule has 0 atom stereocenters. The first-order chi connectivity index (χ1) is 18.0. The molecular formula is C29H22N2O6. The van der Waals surface area contributed by atoms with Crippen LogP contribution in [0.2, 0.25) is 0 Å². The summed E-state index contributed by atoms with van der Waals surface area (Å²) < 4.78 is 16.1. The predicted octanol–water partition coefficient (Wildman–Crippen LogP) is 4.90. The van der Waals surface area contributed by atoms with Crippen LogP contribution in [0.5, 0.6) is 17.2 Å². The lowest BCUT2D eigenvalue weighted by Gasteiger charge is -2.10. The maximum Gasteiger partial charge on any atom is 0.343 e. The van der Waals surface area contributed by atoms with Crippen molar-refractivity contribution in [3.05, 3.63) is 125 Å². The fraction of sp³-hybridized carbons (Fsp3) is 0.0345. The Morgan fingerprint density at radius 3 is 1.84 bits per heavy atom. The summed E-state index contributed by atoms with van der Waals surface area (Å²) in [6.07, 6.45) is 1.33. The van der Waals surface area contributed by atoms with Gasteiger partial charge in [-0.1, -0.05) is 36.4 Å². The zero-order valence-electron chi connectivity index (χ0n) is 19.8. The van der Waals surface area contributed by atoms with E-state index in [0.717, 1.165) is 0 Å². The molecule has 4 rings (SSSR count). The van der Waals surface area contributed by atoms with Crippen molar-refractivity contribution in [2.45, 2.75) is 0 Å². The van der Waals surface area contributed by atoms with Crippen LogP contribution in [0.15, 0.2) is 108 Å². The van der Waals surface area contributed by atoms with E-state index in [1.165, 1.54) is 25.5 Å². The average Bonchev–Trinajstić information content (AvgIpc) is 2.95. The molecule has 37 heavy (non-hydrogen) atoms. The van der Waals surface area contributed by atoms with Crippen LogP contribution in [-0.4, -0.2) is 31.2 Å². The van der Waals surface area contributed by atoms with Crippen LogP contribution in [0.4, 0.5) is 0 Å². The molecule has 1 amide bonds. The Morgan fingerprint density at radius 1 is 0.676 bits per heavy atom. The molecule has 0 bridgehead atoms. The highest BCUT2D eigenvalue weighted by atomic mass is 16.5. The first kappa shape index (κ1) is 24.9. The molecule has 0 fully saturated rings. The third-order valence-electron chi connectivity index (χ3n) is 5.14. The molecule has 1 N–H and O–H groups in total. The largest absolute Gasteiger partial charge is 0.497 e. The zero-order valence-corrected chi connectivity index (χ0v) is 19.8. The van der Waals surface area contributed by atoms with Crippen molar-refractivity contribution in [3.63, 3.8) is 0 Å². The van der Waals surface area contributed by atoms with Gasteiger partial charge >= 0.3 is 11.9 Å². The normalized spacial score (nSPS) is 10.5. The van der Waals surface area contributed by atoms with E-state index < -0.39 is 17.8 Å². The Hall–Kier alpha value is -5.24. The van der Waals surface area contributed by atoms with Gasteiger partial charge < -0.3 is 14.2 Å². The highest BCUT2D eigenvalue weighted by Gasteiger charge is 2.15. The van der Waals surface area contributed by atoms with Crippen LogP contribution in [0.25, 0.3) is 0 Å². The molecule has 184 valence electrons. The van der Waals surface area contributed by atoms with E-state index in [-0.39, 0.29) is 11.5 Å². The summed E-state index contributed by atoms with van der Waals surface area (Å²) in [5.74, 6) is -0.718. The highest BCUT2D eigenvalue weighted by Crippen LogP contribution is 2.26. The number of carbonyl (C=O) groups is 3. The van der Waals surface area contributed by atoms with Crippen molar-refractivity contribution >= 4 is 24.1 Å². The predicted molar refractivity (Wildman–Crippen MR) is 137 cm³/mol. The van der Waals surface area contributed by atoms with Crippen molar-refractivity contribution in [2.24, 2.45) is 5.10 Å². The quantitative estimate of drug-likeness (QED) is 0.162. The highest BCUT2D eigenvalue weighted by molar-refractivity contribution is 5.96. The molecule has 0 heterocycles. The van der Waals surface area contributed by atoms with Crippen LogP contribution in [0.3, 0.4) is 0 Å². The van der Waals surface area contributed by atoms with E-state index >= 15 is 0 Å². The summed E-state index contributed by atoms with van der Waals surface area (Å²) in [6.45, 7) is 0. The van der Waals surface area contributed by atoms with E-state index in [0.29, 0.717) is 28.0 Å². The van der Waals surface area contributed by atoms with Crippen LogP contribution < -0.4 is 19.6 Å². The minimum Gasteiger partial charge on any atom is -0.497 e. The lowest BCUT2D eigenvalue weighted by molar-refractivity contribution is 0.0732. The van der Waals surface area contributed by atoms with Gasteiger partial charge in [-0.25, -0.2) is 15.0 Å². The fourth-order valence-corrected chi connectivity index (χ4v) is 3.21. The number of hydrazone groups is 1. The number of ether oxygens (including phenoxy) is 3. The number of nitrogens with one attached hydrogen (secondary N) is 1. The minimum atomic E-state index is -0.607. The number of amides is 1. The minimum absolute atomic E-state index is 0.0923. The second-order valence-corrected chi connectivity index (χ2v) is 7.64. The summed E-state index contributed by atoms with van der Waals surface area (Å²) in [6, 6.07) is 28.0. The van der Waals surface area contributed by atoms with E-state index in [1.54, 1.807) is 91.0 Å². The topological polar surface area (TPSA) is 103 Å². The summed E-state index contributed by atoms with van der Waals surface area (Å²) in [4.78, 5) is 37.5. The van der Waals surface area contributed by atoms with Gasteiger partial charge in [-0.3, -0.25) is 4.79 Å². The first-order valence-electron chi connectivity index (χ1n) is 11.2. The zero-order chi connectivity index (χ0) is 26.0. The molecule has 0 aliphatic carbocycles. The molecule has 0 radical (unpaired) electrons. The molecule has 0 aliphatic heterocycles. The van der Waals surface area contributed by atoms with Crippen LogP contribution in [-0.2, 0) is 0 Å². The molecule has 4 aromatic rings. The second-order valence-electron chi connectivity index (χ2n) is 7.64. The van der Waals surface area contributed by atoms with E-state index in [2.05, 4.69) is 10.5 Å². The SMILES string of the molecule is COc1ccc(C(=O)N/N=C/c2ccc(OC(=O)c3ccccc3)cc2OC(=O)c2ccccc2)cc1. The second kappa shape index (κ2) is 11.9. The van der Waals surface area contributed by atoms with Crippen LogP contribution in [0.1, 0.15) is 36.6 Å². The Labute approximate surface area is 213 Å². The van der Waals surface area contributed by atoms with Gasteiger partial charge in [0.05, 0.1) is 24.5 Å². The van der Waals surface area contributed by atoms with E-state index in [9.17, 15) is 14.4 Å². The standard InChI is InChI=1S/C29H22N2O6/c1-35-24-15-12-20(13-16-24)27(32)31-30-19-23-14-17-25(36-28(33)21-8-4-2-5-9-21)18-26(23)37-29(34)22-10-6-3-7-11-22/h2-19H,1H3,(H,31,32)/b30-19+. The third kappa shape index (κ3) is 6.67. The number of methoxy groups -OCH3 is 1. The summed E-state index contributed by atoms with van der Waals surface area (Å²) >= 11 is 0. The number of hydrogen-bond acceptors (Lipinski definition) is 7. The Kier molecular flexibility index (Phi) is 8.03. The molecular weight excluding hydrogens is 472 g/mol. The molecule has 8 heteroatoms.